The van der Waals surface area contributed by atoms with E-state index in [4.69, 9.17) is 4.74 Å². The summed E-state index contributed by atoms with van der Waals surface area (Å²) in [5.74, 6) is 0.952. The smallest absolute Gasteiger partial charge is 0.220 e. The van der Waals surface area contributed by atoms with E-state index in [1.54, 1.807) is 7.11 Å². The van der Waals surface area contributed by atoms with Crippen LogP contribution in [-0.4, -0.2) is 25.6 Å². The molecule has 2 rings (SSSR count). The molecule has 0 bridgehead atoms. The van der Waals surface area contributed by atoms with Gasteiger partial charge in [-0.15, -0.1) is 0 Å². The quantitative estimate of drug-likeness (QED) is 0.895. The van der Waals surface area contributed by atoms with Gasteiger partial charge in [0.25, 0.3) is 0 Å². The molecule has 1 aromatic carbocycles. The van der Waals surface area contributed by atoms with Crippen molar-refractivity contribution in [3.8, 4) is 5.75 Å². The Kier molecular flexibility index (Phi) is 3.89. The van der Waals surface area contributed by atoms with Crippen LogP contribution in [0, 0.1) is 0 Å². The van der Waals surface area contributed by atoms with E-state index >= 15 is 0 Å². The van der Waals surface area contributed by atoms with Crippen LogP contribution in [0.25, 0.3) is 0 Å². The molecule has 0 spiro atoms. The summed E-state index contributed by atoms with van der Waals surface area (Å²) >= 11 is 3.48. The lowest BCUT2D eigenvalue weighted by molar-refractivity contribution is -0.119. The fourth-order valence-corrected chi connectivity index (χ4v) is 2.22. The van der Waals surface area contributed by atoms with E-state index in [0.29, 0.717) is 6.42 Å². The Morgan fingerprint density at radius 3 is 3.06 bits per heavy atom. The van der Waals surface area contributed by atoms with E-state index in [9.17, 15) is 4.79 Å². The maximum absolute atomic E-state index is 11.1. The van der Waals surface area contributed by atoms with Crippen LogP contribution in [0.5, 0.6) is 5.75 Å². The van der Waals surface area contributed by atoms with Gasteiger partial charge in [0.15, 0.2) is 0 Å². The summed E-state index contributed by atoms with van der Waals surface area (Å²) in [7, 11) is 1.64. The first-order chi connectivity index (χ1) is 8.19. The number of rotatable bonds is 4. The number of carbonyl (C=O) groups is 1. The number of amides is 1. The third kappa shape index (κ3) is 3.12. The predicted octanol–water partition coefficient (Wildman–Crippen LogP) is 2.15. The zero-order valence-electron chi connectivity index (χ0n) is 9.63. The molecule has 0 aliphatic carbocycles. The van der Waals surface area contributed by atoms with Crippen molar-refractivity contribution in [2.24, 2.45) is 0 Å². The summed E-state index contributed by atoms with van der Waals surface area (Å²) in [5, 5.41) is 6.23. The molecule has 92 valence electrons. The number of carbonyl (C=O) groups excluding carboxylic acids is 1. The summed E-state index contributed by atoms with van der Waals surface area (Å²) in [4.78, 5) is 11.1. The Labute approximate surface area is 109 Å². The van der Waals surface area contributed by atoms with Gasteiger partial charge in [0.05, 0.1) is 12.8 Å². The Balaban J connectivity index is 1.96. The molecule has 1 saturated heterocycles. The van der Waals surface area contributed by atoms with Gasteiger partial charge in [-0.1, -0.05) is 0 Å². The minimum absolute atomic E-state index is 0.140. The highest BCUT2D eigenvalue weighted by atomic mass is 79.9. The van der Waals surface area contributed by atoms with Crippen LogP contribution in [0.4, 0.5) is 5.69 Å². The molecule has 5 heteroatoms. The summed E-state index contributed by atoms with van der Waals surface area (Å²) in [6, 6.07) is 5.99. The van der Waals surface area contributed by atoms with Crippen LogP contribution in [0.2, 0.25) is 0 Å². The SMILES string of the molecule is COc1ccc(Br)c(NCC2CCC(=O)N2)c1. The number of nitrogens with one attached hydrogen (secondary N) is 2. The molecule has 0 saturated carbocycles. The van der Waals surface area contributed by atoms with Crippen molar-refractivity contribution in [1.29, 1.82) is 0 Å². The van der Waals surface area contributed by atoms with Crippen LogP contribution in [0.3, 0.4) is 0 Å². The highest BCUT2D eigenvalue weighted by Gasteiger charge is 2.20. The van der Waals surface area contributed by atoms with Crippen LogP contribution in [0.1, 0.15) is 12.8 Å². The van der Waals surface area contributed by atoms with Crippen molar-refractivity contribution in [3.63, 3.8) is 0 Å². The van der Waals surface area contributed by atoms with Crippen molar-refractivity contribution in [2.75, 3.05) is 19.0 Å². The molecule has 2 N–H and O–H groups in total. The highest BCUT2D eigenvalue weighted by molar-refractivity contribution is 9.10. The number of hydrogen-bond acceptors (Lipinski definition) is 3. The molecule has 0 radical (unpaired) electrons. The molecule has 0 aromatic heterocycles. The van der Waals surface area contributed by atoms with Crippen molar-refractivity contribution >= 4 is 27.5 Å². The highest BCUT2D eigenvalue weighted by Crippen LogP contribution is 2.27. The lowest BCUT2D eigenvalue weighted by Gasteiger charge is -2.14. The molecule has 17 heavy (non-hydrogen) atoms. The Morgan fingerprint density at radius 2 is 2.41 bits per heavy atom. The van der Waals surface area contributed by atoms with Gasteiger partial charge in [-0.3, -0.25) is 4.79 Å². The normalized spacial score (nSPS) is 18.9. The molecule has 1 amide bonds. The van der Waals surface area contributed by atoms with Gasteiger partial charge in [-0.25, -0.2) is 0 Å². The van der Waals surface area contributed by atoms with E-state index in [2.05, 4.69) is 26.6 Å². The lowest BCUT2D eigenvalue weighted by atomic mass is 10.2. The van der Waals surface area contributed by atoms with Gasteiger partial charge in [0, 0.05) is 29.5 Å². The second-order valence-corrected chi connectivity index (χ2v) is 4.88. The topological polar surface area (TPSA) is 50.4 Å². The minimum atomic E-state index is 0.140. The third-order valence-corrected chi connectivity index (χ3v) is 3.49. The first-order valence-corrected chi connectivity index (χ1v) is 6.35. The largest absolute Gasteiger partial charge is 0.497 e. The van der Waals surface area contributed by atoms with Crippen LogP contribution in [-0.2, 0) is 4.79 Å². The van der Waals surface area contributed by atoms with Gasteiger partial charge in [-0.2, -0.15) is 0 Å². The summed E-state index contributed by atoms with van der Waals surface area (Å²) in [6.07, 6.45) is 1.53. The van der Waals surface area contributed by atoms with E-state index in [0.717, 1.165) is 28.9 Å². The molecule has 1 fully saturated rings. The van der Waals surface area contributed by atoms with Gasteiger partial charge in [0.2, 0.25) is 5.91 Å². The average molecular weight is 299 g/mol. The van der Waals surface area contributed by atoms with Gasteiger partial charge in [0.1, 0.15) is 5.75 Å². The molecule has 1 aromatic rings. The predicted molar refractivity (Wildman–Crippen MR) is 70.3 cm³/mol. The molecular formula is C12H15BrN2O2. The number of benzene rings is 1. The Hall–Kier alpha value is -1.23. The van der Waals surface area contributed by atoms with Crippen molar-refractivity contribution in [3.05, 3.63) is 22.7 Å². The van der Waals surface area contributed by atoms with Gasteiger partial charge >= 0.3 is 0 Å². The molecular weight excluding hydrogens is 284 g/mol. The molecule has 1 aliphatic rings. The van der Waals surface area contributed by atoms with Gasteiger partial charge < -0.3 is 15.4 Å². The monoisotopic (exact) mass is 298 g/mol. The zero-order chi connectivity index (χ0) is 12.3. The molecule has 1 aliphatic heterocycles. The number of methoxy groups -OCH3 is 1. The number of halogens is 1. The maximum atomic E-state index is 11.1. The molecule has 4 nitrogen and oxygen atoms in total. The van der Waals surface area contributed by atoms with Crippen molar-refractivity contribution < 1.29 is 9.53 Å². The fourth-order valence-electron chi connectivity index (χ4n) is 1.83. The Bertz CT molecular complexity index is 423. The molecule has 1 atom stereocenters. The lowest BCUT2D eigenvalue weighted by Crippen LogP contribution is -2.31. The number of hydrogen-bond donors (Lipinski definition) is 2. The van der Waals surface area contributed by atoms with E-state index in [1.165, 1.54) is 0 Å². The number of ether oxygens (including phenoxy) is 1. The van der Waals surface area contributed by atoms with E-state index < -0.39 is 0 Å². The van der Waals surface area contributed by atoms with Crippen molar-refractivity contribution in [2.45, 2.75) is 18.9 Å². The first-order valence-electron chi connectivity index (χ1n) is 5.56. The second kappa shape index (κ2) is 5.40. The van der Waals surface area contributed by atoms with Gasteiger partial charge in [-0.05, 0) is 34.5 Å². The Morgan fingerprint density at radius 1 is 1.59 bits per heavy atom. The van der Waals surface area contributed by atoms with Crippen molar-refractivity contribution in [1.82, 2.24) is 5.32 Å². The van der Waals surface area contributed by atoms with Crippen LogP contribution >= 0.6 is 15.9 Å². The van der Waals surface area contributed by atoms with E-state index in [-0.39, 0.29) is 11.9 Å². The standard InChI is InChI=1S/C12H15BrN2O2/c1-17-9-3-4-10(13)11(6-9)14-7-8-2-5-12(16)15-8/h3-4,6,8,14H,2,5,7H2,1H3,(H,15,16). The third-order valence-electron chi connectivity index (χ3n) is 2.80. The fraction of sp³-hybridized carbons (Fsp3) is 0.417. The molecule has 1 heterocycles. The summed E-state index contributed by atoms with van der Waals surface area (Å²) in [5.41, 5.74) is 0.977. The first kappa shape index (κ1) is 12.2. The zero-order valence-corrected chi connectivity index (χ0v) is 11.2. The second-order valence-electron chi connectivity index (χ2n) is 4.03. The van der Waals surface area contributed by atoms with Crippen LogP contribution in [0.15, 0.2) is 22.7 Å². The molecule has 1 unspecified atom stereocenters. The van der Waals surface area contributed by atoms with E-state index in [1.807, 2.05) is 18.2 Å². The minimum Gasteiger partial charge on any atom is -0.497 e. The maximum Gasteiger partial charge on any atom is 0.220 e. The number of anilines is 1. The summed E-state index contributed by atoms with van der Waals surface area (Å²) < 4.78 is 6.16. The summed E-state index contributed by atoms with van der Waals surface area (Å²) in [6.45, 7) is 0.734. The van der Waals surface area contributed by atoms with Crippen LogP contribution < -0.4 is 15.4 Å². The average Bonchev–Trinajstić information content (AvgIpc) is 2.74.